The van der Waals surface area contributed by atoms with Crippen LogP contribution in [0.15, 0.2) is 12.5 Å². The van der Waals surface area contributed by atoms with Crippen LogP contribution in [0.3, 0.4) is 0 Å². The zero-order valence-electron chi connectivity index (χ0n) is 9.71. The summed E-state index contributed by atoms with van der Waals surface area (Å²) in [4.78, 5) is 6.45. The second-order valence-corrected chi connectivity index (χ2v) is 4.68. The average Bonchev–Trinajstić information content (AvgIpc) is 2.87. The second-order valence-electron chi connectivity index (χ2n) is 4.68. The molecule has 1 saturated heterocycles. The first-order valence-corrected chi connectivity index (χ1v) is 5.75. The third-order valence-corrected chi connectivity index (χ3v) is 3.26. The van der Waals surface area contributed by atoms with Gasteiger partial charge in [0.2, 0.25) is 0 Å². The molecule has 3 N–H and O–H groups in total. The smallest absolute Gasteiger partial charge is 0.0948 e. The first-order chi connectivity index (χ1) is 7.70. The summed E-state index contributed by atoms with van der Waals surface area (Å²) in [6, 6.07) is -0.318. The summed E-state index contributed by atoms with van der Waals surface area (Å²) < 4.78 is 2.07. The SMILES string of the molecule is CN1CCC(Cn2cncc2C(N)CO)C1. The molecule has 1 fully saturated rings. The highest BCUT2D eigenvalue weighted by Gasteiger charge is 2.21. The van der Waals surface area contributed by atoms with E-state index < -0.39 is 0 Å². The van der Waals surface area contributed by atoms with Crippen molar-refractivity contribution in [3.05, 3.63) is 18.2 Å². The average molecular weight is 224 g/mol. The number of aromatic nitrogens is 2. The molecule has 90 valence electrons. The predicted molar refractivity (Wildman–Crippen MR) is 61.8 cm³/mol. The van der Waals surface area contributed by atoms with Crippen molar-refractivity contribution < 1.29 is 5.11 Å². The lowest BCUT2D eigenvalue weighted by Gasteiger charge is -2.16. The Morgan fingerprint density at radius 2 is 2.50 bits per heavy atom. The Morgan fingerprint density at radius 3 is 3.12 bits per heavy atom. The van der Waals surface area contributed by atoms with Crippen molar-refractivity contribution in [1.82, 2.24) is 14.5 Å². The van der Waals surface area contributed by atoms with Crippen LogP contribution in [-0.2, 0) is 6.54 Å². The minimum atomic E-state index is -0.318. The Balaban J connectivity index is 2.01. The van der Waals surface area contributed by atoms with Crippen molar-refractivity contribution in [3.63, 3.8) is 0 Å². The number of imidazole rings is 1. The Kier molecular flexibility index (Phi) is 3.58. The van der Waals surface area contributed by atoms with Gasteiger partial charge in [0.15, 0.2) is 0 Å². The van der Waals surface area contributed by atoms with E-state index in [4.69, 9.17) is 10.8 Å². The number of aliphatic hydroxyl groups excluding tert-OH is 1. The molecule has 0 spiro atoms. The highest BCUT2D eigenvalue weighted by Crippen LogP contribution is 2.18. The maximum Gasteiger partial charge on any atom is 0.0948 e. The Morgan fingerprint density at radius 1 is 1.69 bits per heavy atom. The van der Waals surface area contributed by atoms with Crippen LogP contribution in [0, 0.1) is 5.92 Å². The number of nitrogens with zero attached hydrogens (tertiary/aromatic N) is 3. The highest BCUT2D eigenvalue weighted by molar-refractivity contribution is 5.04. The van der Waals surface area contributed by atoms with Crippen molar-refractivity contribution in [2.24, 2.45) is 11.7 Å². The van der Waals surface area contributed by atoms with Gasteiger partial charge in [-0.2, -0.15) is 0 Å². The molecule has 1 aromatic rings. The number of aliphatic hydroxyl groups is 1. The van der Waals surface area contributed by atoms with E-state index in [1.54, 1.807) is 6.20 Å². The minimum absolute atomic E-state index is 0.0315. The van der Waals surface area contributed by atoms with Crippen LogP contribution in [0.2, 0.25) is 0 Å². The first-order valence-electron chi connectivity index (χ1n) is 5.75. The largest absolute Gasteiger partial charge is 0.394 e. The molecule has 2 unspecified atom stereocenters. The lowest BCUT2D eigenvalue weighted by Crippen LogP contribution is -2.22. The van der Waals surface area contributed by atoms with E-state index >= 15 is 0 Å². The van der Waals surface area contributed by atoms with Crippen LogP contribution in [0.1, 0.15) is 18.2 Å². The minimum Gasteiger partial charge on any atom is -0.394 e. The molecule has 1 aliphatic heterocycles. The van der Waals surface area contributed by atoms with Gasteiger partial charge >= 0.3 is 0 Å². The van der Waals surface area contributed by atoms with Crippen LogP contribution in [-0.4, -0.2) is 46.3 Å². The van der Waals surface area contributed by atoms with Crippen molar-refractivity contribution >= 4 is 0 Å². The van der Waals surface area contributed by atoms with Gasteiger partial charge < -0.3 is 20.3 Å². The molecular formula is C11H20N4O. The fourth-order valence-corrected chi connectivity index (χ4v) is 2.34. The van der Waals surface area contributed by atoms with Crippen molar-refractivity contribution in [1.29, 1.82) is 0 Å². The van der Waals surface area contributed by atoms with Crippen LogP contribution >= 0.6 is 0 Å². The number of nitrogens with two attached hydrogens (primary N) is 1. The van der Waals surface area contributed by atoms with Crippen molar-refractivity contribution in [2.45, 2.75) is 19.0 Å². The first kappa shape index (κ1) is 11.6. The summed E-state index contributed by atoms with van der Waals surface area (Å²) in [5, 5.41) is 9.06. The van der Waals surface area contributed by atoms with Gasteiger partial charge in [-0.1, -0.05) is 0 Å². The zero-order chi connectivity index (χ0) is 11.5. The maximum atomic E-state index is 9.06. The molecule has 0 aromatic carbocycles. The van der Waals surface area contributed by atoms with Crippen LogP contribution < -0.4 is 5.73 Å². The molecule has 0 radical (unpaired) electrons. The molecule has 0 amide bonds. The molecule has 5 heteroatoms. The van der Waals surface area contributed by atoms with E-state index in [-0.39, 0.29) is 12.6 Å². The van der Waals surface area contributed by atoms with Crippen molar-refractivity contribution in [2.75, 3.05) is 26.7 Å². The molecule has 0 saturated carbocycles. The monoisotopic (exact) mass is 224 g/mol. The summed E-state index contributed by atoms with van der Waals surface area (Å²) in [6.07, 6.45) is 4.78. The molecule has 2 rings (SSSR count). The van der Waals surface area contributed by atoms with Crippen molar-refractivity contribution in [3.8, 4) is 0 Å². The van der Waals surface area contributed by atoms with E-state index in [1.165, 1.54) is 13.0 Å². The fourth-order valence-electron chi connectivity index (χ4n) is 2.34. The van der Waals surface area contributed by atoms with Gasteiger partial charge in [0.1, 0.15) is 0 Å². The Labute approximate surface area is 95.9 Å². The lowest BCUT2D eigenvalue weighted by molar-refractivity contribution is 0.261. The maximum absolute atomic E-state index is 9.06. The highest BCUT2D eigenvalue weighted by atomic mass is 16.3. The molecule has 2 heterocycles. The van der Waals surface area contributed by atoms with E-state index in [1.807, 2.05) is 6.33 Å². The molecule has 0 aliphatic carbocycles. The zero-order valence-corrected chi connectivity index (χ0v) is 9.71. The summed E-state index contributed by atoms with van der Waals surface area (Å²) in [7, 11) is 2.15. The van der Waals surface area contributed by atoms with Crippen LogP contribution in [0.25, 0.3) is 0 Å². The number of likely N-dealkylation sites (tertiary alicyclic amines) is 1. The third-order valence-electron chi connectivity index (χ3n) is 3.26. The fraction of sp³-hybridized carbons (Fsp3) is 0.727. The molecule has 1 aliphatic rings. The van der Waals surface area contributed by atoms with E-state index in [0.717, 1.165) is 18.8 Å². The van der Waals surface area contributed by atoms with Gasteiger partial charge in [0, 0.05) is 19.3 Å². The molecule has 1 aromatic heterocycles. The van der Waals surface area contributed by atoms with E-state index in [2.05, 4.69) is 21.5 Å². The number of rotatable bonds is 4. The quantitative estimate of drug-likeness (QED) is 0.745. The van der Waals surface area contributed by atoms with E-state index in [9.17, 15) is 0 Å². The molecule has 2 atom stereocenters. The van der Waals surface area contributed by atoms with Gasteiger partial charge in [-0.3, -0.25) is 0 Å². The molecule has 5 nitrogen and oxygen atoms in total. The lowest BCUT2D eigenvalue weighted by atomic mass is 10.1. The number of hydrogen-bond acceptors (Lipinski definition) is 4. The summed E-state index contributed by atoms with van der Waals surface area (Å²) >= 11 is 0. The van der Waals surface area contributed by atoms with Gasteiger partial charge in [0.05, 0.1) is 24.7 Å². The van der Waals surface area contributed by atoms with Crippen LogP contribution in [0.5, 0.6) is 0 Å². The molecule has 0 bridgehead atoms. The molecule has 16 heavy (non-hydrogen) atoms. The third kappa shape index (κ3) is 2.42. The molecular weight excluding hydrogens is 204 g/mol. The van der Waals surface area contributed by atoms with E-state index in [0.29, 0.717) is 5.92 Å². The summed E-state index contributed by atoms with van der Waals surface area (Å²) in [6.45, 7) is 3.22. The van der Waals surface area contributed by atoms with Gasteiger partial charge in [-0.15, -0.1) is 0 Å². The standard InChI is InChI=1S/C11H20N4O/c1-14-3-2-9(5-14)6-15-8-13-4-11(15)10(12)7-16/h4,8-10,16H,2-3,5-7,12H2,1H3. The normalized spacial score (nSPS) is 23.8. The van der Waals surface area contributed by atoms with Gasteiger partial charge in [-0.25, -0.2) is 4.98 Å². The van der Waals surface area contributed by atoms with Gasteiger partial charge in [0.25, 0.3) is 0 Å². The van der Waals surface area contributed by atoms with Gasteiger partial charge in [-0.05, 0) is 25.9 Å². The Hall–Kier alpha value is -0.910. The summed E-state index contributed by atoms with van der Waals surface area (Å²) in [5.41, 5.74) is 6.75. The van der Waals surface area contributed by atoms with Crippen LogP contribution in [0.4, 0.5) is 0 Å². The number of hydrogen-bond donors (Lipinski definition) is 2. The topological polar surface area (TPSA) is 67.3 Å². The second kappa shape index (κ2) is 4.95. The summed E-state index contributed by atoms with van der Waals surface area (Å²) in [5.74, 6) is 0.670. The Bertz CT molecular complexity index is 338. The predicted octanol–water partition coefficient (Wildman–Crippen LogP) is -0.173.